The first-order valence-corrected chi connectivity index (χ1v) is 12.9. The van der Waals surface area contributed by atoms with Crippen molar-refractivity contribution in [3.8, 4) is 0 Å². The maximum absolute atomic E-state index is 13.3. The number of nitrogens with zero attached hydrogens (tertiary/aromatic N) is 1. The minimum absolute atomic E-state index is 0.201. The van der Waals surface area contributed by atoms with Gasteiger partial charge in [-0.2, -0.15) is 8.42 Å². The van der Waals surface area contributed by atoms with E-state index in [0.717, 1.165) is 16.1 Å². The lowest BCUT2D eigenvalue weighted by Gasteiger charge is -2.23. The Bertz CT molecular complexity index is 1250. The minimum atomic E-state index is -4.38. The first-order chi connectivity index (χ1) is 16.6. The van der Waals surface area contributed by atoms with Crippen LogP contribution in [0, 0.1) is 6.92 Å². The van der Waals surface area contributed by atoms with E-state index >= 15 is 0 Å². The molecule has 0 fully saturated rings. The highest BCUT2D eigenvalue weighted by molar-refractivity contribution is 7.87. The lowest BCUT2D eigenvalue weighted by molar-refractivity contribution is -0.123. The first-order valence-electron chi connectivity index (χ1n) is 10.6. The van der Waals surface area contributed by atoms with Crippen LogP contribution in [0.15, 0.2) is 60.0 Å². The van der Waals surface area contributed by atoms with Gasteiger partial charge in [0.1, 0.15) is 6.04 Å². The summed E-state index contributed by atoms with van der Waals surface area (Å²) >= 11 is 1.45. The molecule has 2 unspecified atom stereocenters. The Labute approximate surface area is 207 Å². The van der Waals surface area contributed by atoms with E-state index in [-0.39, 0.29) is 12.1 Å². The summed E-state index contributed by atoms with van der Waals surface area (Å²) in [5.41, 5.74) is 2.53. The molecule has 0 aliphatic heterocycles. The molecule has 0 radical (unpaired) electrons. The van der Waals surface area contributed by atoms with Gasteiger partial charge in [-0.25, -0.2) is 9.78 Å². The normalized spacial score (nSPS) is 12.9. The number of hydrogen-bond donors (Lipinski definition) is 4. The highest BCUT2D eigenvalue weighted by Gasteiger charge is 2.26. The fourth-order valence-electron chi connectivity index (χ4n) is 3.40. The van der Waals surface area contributed by atoms with Gasteiger partial charge in [0.05, 0.1) is 29.5 Å². The SMILES string of the molecule is COC(=O)NC(Cc1ccccc1)C(=O)NC(Cc1ccc(NS(=O)(=O)O)cc1)c1csc(C)n1. The number of carbonyl (C=O) groups is 2. The van der Waals surface area contributed by atoms with Crippen LogP contribution >= 0.6 is 11.3 Å². The van der Waals surface area contributed by atoms with Gasteiger partial charge in [0.2, 0.25) is 5.91 Å². The lowest BCUT2D eigenvalue weighted by Crippen LogP contribution is -2.49. The fraction of sp³-hybridized carbons (Fsp3) is 0.261. The van der Waals surface area contributed by atoms with Crippen molar-refractivity contribution in [1.82, 2.24) is 15.6 Å². The van der Waals surface area contributed by atoms with E-state index in [1.165, 1.54) is 30.6 Å². The summed E-state index contributed by atoms with van der Waals surface area (Å²) in [5, 5.41) is 8.26. The molecule has 4 N–H and O–H groups in total. The van der Waals surface area contributed by atoms with Gasteiger partial charge in [0.25, 0.3) is 0 Å². The van der Waals surface area contributed by atoms with Crippen LogP contribution < -0.4 is 15.4 Å². The second-order valence-electron chi connectivity index (χ2n) is 7.71. The van der Waals surface area contributed by atoms with Crippen LogP contribution in [0.4, 0.5) is 10.5 Å². The van der Waals surface area contributed by atoms with Gasteiger partial charge in [-0.15, -0.1) is 11.3 Å². The molecule has 0 saturated heterocycles. The Morgan fingerprint density at radius 1 is 1.03 bits per heavy atom. The number of carbonyl (C=O) groups excluding carboxylic acids is 2. The Balaban J connectivity index is 1.80. The molecule has 0 bridgehead atoms. The Morgan fingerprint density at radius 3 is 2.26 bits per heavy atom. The van der Waals surface area contributed by atoms with Gasteiger partial charge in [0.15, 0.2) is 0 Å². The molecule has 2 aromatic carbocycles. The number of methoxy groups -OCH3 is 1. The lowest BCUT2D eigenvalue weighted by atomic mass is 10.0. The van der Waals surface area contributed by atoms with Crippen LogP contribution in [-0.2, 0) is 32.7 Å². The average Bonchev–Trinajstić information content (AvgIpc) is 3.25. The van der Waals surface area contributed by atoms with E-state index in [1.54, 1.807) is 12.1 Å². The molecule has 1 heterocycles. The highest BCUT2D eigenvalue weighted by atomic mass is 32.2. The third-order valence-corrected chi connectivity index (χ3v) is 6.31. The van der Waals surface area contributed by atoms with Crippen LogP contribution in [0.3, 0.4) is 0 Å². The Morgan fingerprint density at radius 2 is 1.69 bits per heavy atom. The van der Waals surface area contributed by atoms with E-state index in [2.05, 4.69) is 15.6 Å². The monoisotopic (exact) mass is 518 g/mol. The summed E-state index contributed by atoms with van der Waals surface area (Å²) in [4.78, 5) is 29.7. The molecular weight excluding hydrogens is 492 g/mol. The predicted molar refractivity (Wildman–Crippen MR) is 133 cm³/mol. The molecule has 3 rings (SSSR count). The van der Waals surface area contributed by atoms with Gasteiger partial charge in [-0.3, -0.25) is 14.1 Å². The summed E-state index contributed by atoms with van der Waals surface area (Å²) in [7, 11) is -3.15. The molecule has 0 saturated carbocycles. The zero-order valence-electron chi connectivity index (χ0n) is 19.1. The van der Waals surface area contributed by atoms with Crippen molar-refractivity contribution >= 4 is 39.3 Å². The Hall–Kier alpha value is -3.48. The molecule has 0 aliphatic carbocycles. The van der Waals surface area contributed by atoms with Crippen molar-refractivity contribution in [3.05, 3.63) is 81.8 Å². The molecule has 3 aromatic rings. The van der Waals surface area contributed by atoms with Gasteiger partial charge < -0.3 is 15.4 Å². The van der Waals surface area contributed by atoms with Gasteiger partial charge in [0, 0.05) is 11.8 Å². The number of alkyl carbamates (subject to hydrolysis) is 1. The van der Waals surface area contributed by atoms with Gasteiger partial charge in [-0.05, 0) is 36.6 Å². The number of aryl methyl sites for hydroxylation is 1. The smallest absolute Gasteiger partial charge is 0.407 e. The number of thiazole rings is 1. The van der Waals surface area contributed by atoms with Crippen LogP contribution in [0.2, 0.25) is 0 Å². The van der Waals surface area contributed by atoms with E-state index in [1.807, 2.05) is 47.4 Å². The first kappa shape index (κ1) is 26.1. The third kappa shape index (κ3) is 8.35. The topological polar surface area (TPSA) is 147 Å². The van der Waals surface area contributed by atoms with Crippen LogP contribution in [-0.4, -0.2) is 43.1 Å². The quantitative estimate of drug-likeness (QED) is 0.302. The summed E-state index contributed by atoms with van der Waals surface area (Å²) in [6.45, 7) is 1.86. The molecule has 1 aromatic heterocycles. The number of anilines is 1. The second kappa shape index (κ2) is 11.8. The number of benzene rings is 2. The number of ether oxygens (including phenoxy) is 1. The minimum Gasteiger partial charge on any atom is -0.453 e. The van der Waals surface area contributed by atoms with E-state index in [4.69, 9.17) is 9.29 Å². The molecule has 0 aliphatic rings. The van der Waals surface area contributed by atoms with Crippen molar-refractivity contribution in [2.45, 2.75) is 31.8 Å². The number of amides is 2. The van der Waals surface area contributed by atoms with Gasteiger partial charge in [-0.1, -0.05) is 42.5 Å². The maximum atomic E-state index is 13.3. The molecule has 186 valence electrons. The van der Waals surface area contributed by atoms with E-state index < -0.39 is 34.4 Å². The van der Waals surface area contributed by atoms with Crippen molar-refractivity contribution < 1.29 is 27.3 Å². The molecular formula is C23H26N4O6S2. The Kier molecular flexibility index (Phi) is 8.79. The third-order valence-electron chi connectivity index (χ3n) is 5.03. The highest BCUT2D eigenvalue weighted by Crippen LogP contribution is 2.22. The number of rotatable bonds is 10. The summed E-state index contributed by atoms with van der Waals surface area (Å²) < 4.78 is 37.7. The second-order valence-corrected chi connectivity index (χ2v) is 9.93. The summed E-state index contributed by atoms with van der Waals surface area (Å²) in [5.74, 6) is -0.403. The molecule has 2 atom stereocenters. The predicted octanol–water partition coefficient (Wildman–Crippen LogP) is 3.03. The molecule has 10 nitrogen and oxygen atoms in total. The number of nitrogens with one attached hydrogen (secondary N) is 3. The zero-order valence-corrected chi connectivity index (χ0v) is 20.7. The molecule has 2 amide bonds. The number of hydrogen-bond acceptors (Lipinski definition) is 7. The largest absolute Gasteiger partial charge is 0.453 e. The standard InChI is InChI=1S/C23H26N4O6S2/c1-15-24-21(14-34-15)19(12-17-8-10-18(11-9-17)27-35(30,31)32)25-22(28)20(26-23(29)33-2)13-16-6-4-3-5-7-16/h3-11,14,19-20,27H,12-13H2,1-2H3,(H,25,28)(H,26,29)(H,30,31,32). The van der Waals surface area contributed by atoms with Crippen LogP contribution in [0.1, 0.15) is 27.9 Å². The maximum Gasteiger partial charge on any atom is 0.407 e. The fourth-order valence-corrected chi connectivity index (χ4v) is 4.50. The van der Waals surface area contributed by atoms with E-state index in [0.29, 0.717) is 12.1 Å². The van der Waals surface area contributed by atoms with Crippen LogP contribution in [0.5, 0.6) is 0 Å². The summed E-state index contributed by atoms with van der Waals surface area (Å²) in [6, 6.07) is 14.3. The van der Waals surface area contributed by atoms with Crippen molar-refractivity contribution in [2.75, 3.05) is 11.8 Å². The number of aromatic nitrogens is 1. The molecule has 0 spiro atoms. The zero-order chi connectivity index (χ0) is 25.4. The molecule has 35 heavy (non-hydrogen) atoms. The summed E-state index contributed by atoms with van der Waals surface area (Å²) in [6.07, 6.45) is -0.0955. The van der Waals surface area contributed by atoms with Gasteiger partial charge >= 0.3 is 16.4 Å². The van der Waals surface area contributed by atoms with Crippen molar-refractivity contribution in [1.29, 1.82) is 0 Å². The molecule has 12 heteroatoms. The van der Waals surface area contributed by atoms with Crippen molar-refractivity contribution in [2.24, 2.45) is 0 Å². The van der Waals surface area contributed by atoms with Crippen LogP contribution in [0.25, 0.3) is 0 Å². The van der Waals surface area contributed by atoms with Crippen molar-refractivity contribution in [3.63, 3.8) is 0 Å². The van der Waals surface area contributed by atoms with E-state index in [9.17, 15) is 18.0 Å². The average molecular weight is 519 g/mol.